The summed E-state index contributed by atoms with van der Waals surface area (Å²) in [5.74, 6) is -0.0749. The molecule has 1 aliphatic rings. The number of hydrogen-bond acceptors (Lipinski definition) is 7. The maximum absolute atomic E-state index is 12.6. The van der Waals surface area contributed by atoms with Crippen LogP contribution in [0, 0.1) is 5.92 Å². The van der Waals surface area contributed by atoms with Crippen LogP contribution >= 0.6 is 0 Å². The third-order valence-corrected chi connectivity index (χ3v) is 8.89. The van der Waals surface area contributed by atoms with E-state index < -0.39 is 6.29 Å². The van der Waals surface area contributed by atoms with Crippen LogP contribution < -0.4 is 5.32 Å². The van der Waals surface area contributed by atoms with Crippen LogP contribution in [0.25, 0.3) is 11.1 Å². The van der Waals surface area contributed by atoms with E-state index in [1.165, 1.54) is 0 Å². The molecule has 0 unspecified atom stereocenters. The minimum atomic E-state index is -0.570. The molecule has 1 fully saturated rings. The summed E-state index contributed by atoms with van der Waals surface area (Å²) in [4.78, 5) is 23.4. The van der Waals surface area contributed by atoms with Gasteiger partial charge < -0.3 is 24.8 Å². The van der Waals surface area contributed by atoms with Gasteiger partial charge in [0.25, 0.3) is 5.91 Å². The van der Waals surface area contributed by atoms with E-state index in [0.717, 1.165) is 58.6 Å². The topological polar surface area (TPSA) is 96.8 Å². The fourth-order valence-electron chi connectivity index (χ4n) is 6.09. The number of nitrogens with zero attached hydrogens (tertiary/aromatic N) is 3. The first kappa shape index (κ1) is 33.2. The number of carbonyl (C=O) groups is 1. The third-order valence-electron chi connectivity index (χ3n) is 8.89. The Bertz CT molecular complexity index is 1770. The first-order chi connectivity index (χ1) is 23.5. The van der Waals surface area contributed by atoms with Crippen LogP contribution in [0.5, 0.6) is 0 Å². The minimum Gasteiger partial charge on any atom is -0.392 e. The van der Waals surface area contributed by atoms with Crippen LogP contribution in [0.15, 0.2) is 122 Å². The number of aromatic nitrogens is 2. The van der Waals surface area contributed by atoms with Crippen molar-refractivity contribution in [2.75, 3.05) is 20.1 Å². The number of ether oxygens (including phenoxy) is 2. The molecule has 0 bridgehead atoms. The molecule has 4 atom stereocenters. The number of hydrogen-bond donors (Lipinski definition) is 2. The maximum atomic E-state index is 12.6. The Morgan fingerprint density at radius 2 is 1.67 bits per heavy atom. The lowest BCUT2D eigenvalue weighted by molar-refractivity contribution is -0.275. The van der Waals surface area contributed by atoms with Gasteiger partial charge in [0.15, 0.2) is 6.29 Å². The number of aliphatic hydroxyl groups is 1. The number of rotatable bonds is 12. The molecule has 2 N–H and O–H groups in total. The number of aliphatic hydroxyl groups excluding tert-OH is 1. The maximum Gasteiger partial charge on any atom is 0.253 e. The zero-order valence-electron chi connectivity index (χ0n) is 27.4. The van der Waals surface area contributed by atoms with E-state index in [-0.39, 0.29) is 30.6 Å². The van der Waals surface area contributed by atoms with E-state index in [9.17, 15) is 9.90 Å². The summed E-state index contributed by atoms with van der Waals surface area (Å²) in [5, 5.41) is 12.6. The Hall–Kier alpha value is -4.73. The Kier molecular flexibility index (Phi) is 11.0. The lowest BCUT2D eigenvalue weighted by Gasteiger charge is -2.42. The Morgan fingerprint density at radius 1 is 0.854 bits per heavy atom. The van der Waals surface area contributed by atoms with Gasteiger partial charge in [-0.3, -0.25) is 14.8 Å². The molecular weight excluding hydrogens is 600 g/mol. The Morgan fingerprint density at radius 3 is 2.42 bits per heavy atom. The van der Waals surface area contributed by atoms with E-state index in [1.54, 1.807) is 24.5 Å². The van der Waals surface area contributed by atoms with Crippen LogP contribution in [0.2, 0.25) is 0 Å². The first-order valence-electron chi connectivity index (χ1n) is 16.4. The smallest absolute Gasteiger partial charge is 0.253 e. The van der Waals surface area contributed by atoms with Gasteiger partial charge in [-0.05, 0) is 71.3 Å². The van der Waals surface area contributed by atoms with Gasteiger partial charge in [-0.2, -0.15) is 0 Å². The summed E-state index contributed by atoms with van der Waals surface area (Å²) in [6.45, 7) is 4.19. The summed E-state index contributed by atoms with van der Waals surface area (Å²) < 4.78 is 13.5. The fourth-order valence-corrected chi connectivity index (χ4v) is 6.09. The van der Waals surface area contributed by atoms with Gasteiger partial charge in [0, 0.05) is 61.8 Å². The second kappa shape index (κ2) is 15.9. The molecule has 1 saturated heterocycles. The number of amides is 1. The van der Waals surface area contributed by atoms with Crippen molar-refractivity contribution in [2.45, 2.75) is 45.0 Å². The molecule has 2 aromatic heterocycles. The fraction of sp³-hybridized carbons (Fsp3) is 0.275. The van der Waals surface area contributed by atoms with Gasteiger partial charge in [-0.1, -0.05) is 73.7 Å². The molecule has 8 nitrogen and oxygen atoms in total. The second-order valence-corrected chi connectivity index (χ2v) is 12.4. The minimum absolute atomic E-state index is 0.00164. The standard InChI is InChI=1S/C40H42N4O4/c1-28-37(26-44(2)21-18-36-13-3-4-20-42-36)47-40(48-38(28)31-16-14-29(27-45)15-17-31)34-11-6-10-33(23-34)32-9-5-8-30(22-32)24-43-39(46)35-12-7-19-41-25-35/h3-17,19-20,22-23,25,28,37-38,40,45H,18,21,24,26-27H2,1-2H3,(H,43,46)/t28-,37+,38+,40+/m1/s1. The molecule has 0 saturated carbocycles. The van der Waals surface area contributed by atoms with Crippen molar-refractivity contribution >= 4 is 5.91 Å². The Balaban J connectivity index is 1.20. The largest absolute Gasteiger partial charge is 0.392 e. The van der Waals surface area contributed by atoms with Crippen LogP contribution in [0.4, 0.5) is 0 Å². The molecule has 1 amide bonds. The van der Waals surface area contributed by atoms with Crippen LogP contribution in [0.1, 0.15) is 57.6 Å². The van der Waals surface area contributed by atoms with E-state index in [2.05, 4.69) is 70.6 Å². The average molecular weight is 643 g/mol. The van der Waals surface area contributed by atoms with Crippen molar-refractivity contribution in [1.82, 2.24) is 20.2 Å². The van der Waals surface area contributed by atoms with Gasteiger partial charge >= 0.3 is 0 Å². The van der Waals surface area contributed by atoms with Crippen molar-refractivity contribution in [3.63, 3.8) is 0 Å². The molecular formula is C40H42N4O4. The summed E-state index contributed by atoms with van der Waals surface area (Å²) in [6.07, 6.45) is 5.06. The molecule has 1 aliphatic heterocycles. The lowest BCUT2D eigenvalue weighted by atomic mass is 9.90. The van der Waals surface area contributed by atoms with Crippen LogP contribution in [-0.2, 0) is 29.0 Å². The average Bonchev–Trinajstić information content (AvgIpc) is 3.15. The normalized spacial score (nSPS) is 19.2. The number of carbonyl (C=O) groups excluding carboxylic acids is 1. The van der Waals surface area contributed by atoms with E-state index >= 15 is 0 Å². The molecule has 0 spiro atoms. The van der Waals surface area contributed by atoms with Crippen molar-refractivity contribution < 1.29 is 19.4 Å². The predicted octanol–water partition coefficient (Wildman–Crippen LogP) is 6.53. The van der Waals surface area contributed by atoms with E-state index in [0.29, 0.717) is 12.1 Å². The zero-order valence-corrected chi connectivity index (χ0v) is 27.4. The molecule has 5 aromatic rings. The SMILES string of the molecule is C[C@@H]1[C@H](CN(C)CCc2ccccn2)O[C@H](c2cccc(-c3cccc(CNC(=O)c4cccnc4)c3)c2)O[C@@H]1c1ccc(CO)cc1. The van der Waals surface area contributed by atoms with Crippen molar-refractivity contribution in [2.24, 2.45) is 5.92 Å². The molecule has 0 aliphatic carbocycles. The van der Waals surface area contributed by atoms with Crippen LogP contribution in [0.3, 0.4) is 0 Å². The lowest BCUT2D eigenvalue weighted by Crippen LogP contribution is -2.43. The molecule has 8 heteroatoms. The summed E-state index contributed by atoms with van der Waals surface area (Å²) in [7, 11) is 2.13. The van der Waals surface area contributed by atoms with Crippen molar-refractivity contribution in [3.05, 3.63) is 155 Å². The summed E-state index contributed by atoms with van der Waals surface area (Å²) in [5.41, 5.74) is 7.54. The molecule has 0 radical (unpaired) electrons. The van der Waals surface area contributed by atoms with Crippen molar-refractivity contribution in [1.29, 1.82) is 0 Å². The van der Waals surface area contributed by atoms with Gasteiger partial charge in [-0.25, -0.2) is 0 Å². The number of benzene rings is 3. The van der Waals surface area contributed by atoms with Gasteiger partial charge in [0.2, 0.25) is 0 Å². The first-order valence-corrected chi connectivity index (χ1v) is 16.4. The van der Waals surface area contributed by atoms with E-state index in [4.69, 9.17) is 9.47 Å². The molecule has 3 heterocycles. The monoisotopic (exact) mass is 642 g/mol. The van der Waals surface area contributed by atoms with Gasteiger partial charge in [0.1, 0.15) is 0 Å². The number of likely N-dealkylation sites (N-methyl/N-ethyl adjacent to an activating group) is 1. The summed E-state index contributed by atoms with van der Waals surface area (Å²) >= 11 is 0. The third kappa shape index (κ3) is 8.40. The second-order valence-electron chi connectivity index (χ2n) is 12.4. The summed E-state index contributed by atoms with van der Waals surface area (Å²) in [6, 6.07) is 34.0. The van der Waals surface area contributed by atoms with Crippen molar-refractivity contribution in [3.8, 4) is 11.1 Å². The van der Waals surface area contributed by atoms with Gasteiger partial charge in [0.05, 0.1) is 24.4 Å². The highest BCUT2D eigenvalue weighted by molar-refractivity contribution is 5.93. The highest BCUT2D eigenvalue weighted by atomic mass is 16.7. The molecule has 48 heavy (non-hydrogen) atoms. The zero-order chi connectivity index (χ0) is 33.3. The quantitative estimate of drug-likeness (QED) is 0.160. The highest BCUT2D eigenvalue weighted by Gasteiger charge is 2.38. The predicted molar refractivity (Wildman–Crippen MR) is 186 cm³/mol. The Labute approximate surface area is 282 Å². The van der Waals surface area contributed by atoms with Gasteiger partial charge in [-0.15, -0.1) is 0 Å². The highest BCUT2D eigenvalue weighted by Crippen LogP contribution is 2.42. The number of nitrogens with one attached hydrogen (secondary N) is 1. The molecule has 6 rings (SSSR count). The number of pyridine rings is 2. The van der Waals surface area contributed by atoms with Crippen LogP contribution in [-0.4, -0.2) is 52.1 Å². The molecule has 246 valence electrons. The molecule has 3 aromatic carbocycles. The van der Waals surface area contributed by atoms with E-state index in [1.807, 2.05) is 60.8 Å².